The normalized spacial score (nSPS) is 22.7. The van der Waals surface area contributed by atoms with Gasteiger partial charge in [-0.1, -0.05) is 33.8 Å². The van der Waals surface area contributed by atoms with Crippen LogP contribution in [0.2, 0.25) is 0 Å². The van der Waals surface area contributed by atoms with Crippen LogP contribution >= 0.6 is 7.44 Å². The smallest absolute Gasteiger partial charge is 0.399 e. The highest BCUT2D eigenvalue weighted by Gasteiger charge is 2.54. The van der Waals surface area contributed by atoms with Gasteiger partial charge in [0.15, 0.2) is 0 Å². The van der Waals surface area contributed by atoms with Crippen molar-refractivity contribution in [3.05, 3.63) is 18.2 Å². The van der Waals surface area contributed by atoms with Gasteiger partial charge in [0, 0.05) is 31.5 Å². The SMILES string of the molecule is CCN(CC)P(=O)(c1cc(B2OC(C)(C)C(C)(C)O2)cc(B2OC(C)(C)C(C)(C)O2)c1)N(CC)CC. The lowest BCUT2D eigenvalue weighted by molar-refractivity contribution is 0.00578. The zero-order valence-electron chi connectivity index (χ0n) is 24.6. The molecule has 0 saturated carbocycles. The molecule has 2 aliphatic heterocycles. The molecule has 1 aromatic rings. The molecule has 7 nitrogen and oxygen atoms in total. The van der Waals surface area contributed by atoms with Crippen LogP contribution in [0.3, 0.4) is 0 Å². The molecule has 202 valence electrons. The van der Waals surface area contributed by atoms with Gasteiger partial charge < -0.3 is 18.6 Å². The molecule has 3 rings (SSSR count). The molecule has 36 heavy (non-hydrogen) atoms. The van der Waals surface area contributed by atoms with E-state index < -0.39 is 44.1 Å². The Kier molecular flexibility index (Phi) is 8.42. The molecule has 0 aliphatic carbocycles. The molecule has 2 saturated heterocycles. The van der Waals surface area contributed by atoms with E-state index in [2.05, 4.69) is 37.0 Å². The molecular formula is C26H47B2N2O5P. The van der Waals surface area contributed by atoms with Crippen molar-refractivity contribution >= 4 is 37.9 Å². The van der Waals surface area contributed by atoms with Gasteiger partial charge in [-0.25, -0.2) is 9.34 Å². The summed E-state index contributed by atoms with van der Waals surface area (Å²) in [6.07, 6.45) is 0. The first kappa shape index (κ1) is 29.9. The topological polar surface area (TPSA) is 60.5 Å². The van der Waals surface area contributed by atoms with Crippen molar-refractivity contribution in [1.29, 1.82) is 0 Å². The summed E-state index contributed by atoms with van der Waals surface area (Å²) in [6, 6.07) is 6.05. The summed E-state index contributed by atoms with van der Waals surface area (Å²) >= 11 is 0. The van der Waals surface area contributed by atoms with Crippen molar-refractivity contribution in [2.24, 2.45) is 0 Å². The fraction of sp³-hybridized carbons (Fsp3) is 0.769. The summed E-state index contributed by atoms with van der Waals surface area (Å²) in [6.45, 7) is 27.3. The minimum atomic E-state index is -3.11. The van der Waals surface area contributed by atoms with Crippen LogP contribution < -0.4 is 16.2 Å². The Hall–Kier alpha value is -0.660. The molecule has 2 aliphatic rings. The highest BCUT2D eigenvalue weighted by Crippen LogP contribution is 2.51. The van der Waals surface area contributed by atoms with Crippen LogP contribution in [0.15, 0.2) is 18.2 Å². The second-order valence-electron chi connectivity index (χ2n) is 11.9. The van der Waals surface area contributed by atoms with E-state index in [4.69, 9.17) is 18.6 Å². The molecular weight excluding hydrogens is 473 g/mol. The molecule has 0 radical (unpaired) electrons. The quantitative estimate of drug-likeness (QED) is 0.363. The third-order valence-electron chi connectivity index (χ3n) is 8.58. The van der Waals surface area contributed by atoms with Crippen LogP contribution in [-0.2, 0) is 23.2 Å². The largest absolute Gasteiger partial charge is 0.494 e. The van der Waals surface area contributed by atoms with Gasteiger partial charge in [-0.05, 0) is 78.4 Å². The van der Waals surface area contributed by atoms with Gasteiger partial charge in [-0.2, -0.15) is 0 Å². The summed E-state index contributed by atoms with van der Waals surface area (Å²) in [7, 11) is -4.28. The lowest BCUT2D eigenvalue weighted by atomic mass is 9.72. The van der Waals surface area contributed by atoms with Gasteiger partial charge in [-0.3, -0.25) is 4.57 Å². The number of nitrogens with zero attached hydrogens (tertiary/aromatic N) is 2. The van der Waals surface area contributed by atoms with E-state index in [1.807, 2.05) is 73.6 Å². The third kappa shape index (κ3) is 5.02. The molecule has 0 amide bonds. The number of hydrogen-bond donors (Lipinski definition) is 0. The summed E-state index contributed by atoms with van der Waals surface area (Å²) < 4.78 is 44.9. The zero-order chi connectivity index (χ0) is 27.3. The van der Waals surface area contributed by atoms with E-state index in [0.29, 0.717) is 26.2 Å². The summed E-state index contributed by atoms with van der Waals surface area (Å²) in [5.74, 6) is 0. The number of rotatable bonds is 9. The maximum absolute atomic E-state index is 15.1. The zero-order valence-corrected chi connectivity index (χ0v) is 25.5. The Morgan fingerprint density at radius 3 is 1.14 bits per heavy atom. The monoisotopic (exact) mass is 520 g/mol. The highest BCUT2D eigenvalue weighted by molar-refractivity contribution is 7.67. The van der Waals surface area contributed by atoms with Gasteiger partial charge >= 0.3 is 14.2 Å². The van der Waals surface area contributed by atoms with Crippen molar-refractivity contribution in [3.63, 3.8) is 0 Å². The van der Waals surface area contributed by atoms with Crippen molar-refractivity contribution in [3.8, 4) is 0 Å². The van der Waals surface area contributed by atoms with Crippen molar-refractivity contribution in [1.82, 2.24) is 9.34 Å². The van der Waals surface area contributed by atoms with E-state index in [0.717, 1.165) is 16.2 Å². The minimum Gasteiger partial charge on any atom is -0.399 e. The first-order chi connectivity index (χ1) is 16.5. The van der Waals surface area contributed by atoms with Crippen LogP contribution in [-0.4, -0.2) is 72.2 Å². The minimum absolute atomic E-state index is 0.486. The molecule has 2 heterocycles. The van der Waals surface area contributed by atoms with Gasteiger partial charge in [0.2, 0.25) is 7.44 Å². The summed E-state index contributed by atoms with van der Waals surface area (Å²) in [4.78, 5) is 0. The summed E-state index contributed by atoms with van der Waals surface area (Å²) in [5, 5.41) is 0.756. The molecule has 0 atom stereocenters. The van der Waals surface area contributed by atoms with Crippen LogP contribution in [0.5, 0.6) is 0 Å². The molecule has 0 unspecified atom stereocenters. The summed E-state index contributed by atoms with van der Waals surface area (Å²) in [5.41, 5.74) is -0.288. The fourth-order valence-corrected chi connectivity index (χ4v) is 7.96. The second-order valence-corrected chi connectivity index (χ2v) is 14.6. The van der Waals surface area contributed by atoms with Gasteiger partial charge in [-0.15, -0.1) is 0 Å². The third-order valence-corrected chi connectivity index (χ3v) is 12.2. The average Bonchev–Trinajstić information content (AvgIpc) is 3.14. The predicted molar refractivity (Wildman–Crippen MR) is 151 cm³/mol. The Morgan fingerprint density at radius 2 is 0.889 bits per heavy atom. The molecule has 1 aromatic carbocycles. The Labute approximate surface area is 220 Å². The van der Waals surface area contributed by atoms with Crippen LogP contribution in [0.4, 0.5) is 0 Å². The Balaban J connectivity index is 2.22. The first-order valence-electron chi connectivity index (χ1n) is 13.5. The molecule has 0 aromatic heterocycles. The number of hydrogen-bond acceptors (Lipinski definition) is 5. The van der Waals surface area contributed by atoms with E-state index in [-0.39, 0.29) is 0 Å². The van der Waals surface area contributed by atoms with Crippen molar-refractivity contribution in [2.45, 2.75) is 105 Å². The lowest BCUT2D eigenvalue weighted by Gasteiger charge is -2.38. The standard InChI is InChI=1S/C26H47B2N2O5P/c1-13-29(14-2)36(31,30(15-3)16-4)22-18-20(27-32-23(5,6)24(7,8)33-27)17-21(19-22)28-34-25(9,10)26(11,12)35-28/h17-19H,13-16H2,1-12H3. The first-order valence-corrected chi connectivity index (χ1v) is 15.1. The van der Waals surface area contributed by atoms with Crippen LogP contribution in [0.25, 0.3) is 0 Å². The lowest BCUT2D eigenvalue weighted by Crippen LogP contribution is -2.46. The van der Waals surface area contributed by atoms with Crippen LogP contribution in [0, 0.1) is 0 Å². The maximum atomic E-state index is 15.1. The van der Waals surface area contributed by atoms with E-state index in [1.165, 1.54) is 0 Å². The predicted octanol–water partition coefficient (Wildman–Crippen LogP) is 3.79. The molecule has 10 heteroatoms. The van der Waals surface area contributed by atoms with Gasteiger partial charge in [0.05, 0.1) is 22.4 Å². The average molecular weight is 520 g/mol. The van der Waals surface area contributed by atoms with E-state index in [1.54, 1.807) is 0 Å². The van der Waals surface area contributed by atoms with Gasteiger partial charge in [0.25, 0.3) is 0 Å². The van der Waals surface area contributed by atoms with Crippen molar-refractivity contribution in [2.75, 3.05) is 26.2 Å². The van der Waals surface area contributed by atoms with Crippen LogP contribution in [0.1, 0.15) is 83.1 Å². The second kappa shape index (κ2) is 10.1. The molecule has 0 bridgehead atoms. The Bertz CT molecular complexity index is 890. The highest BCUT2D eigenvalue weighted by atomic mass is 31.2. The molecule has 0 N–H and O–H groups in total. The molecule has 0 spiro atoms. The number of benzene rings is 1. The van der Waals surface area contributed by atoms with E-state index in [9.17, 15) is 0 Å². The van der Waals surface area contributed by atoms with Gasteiger partial charge in [0.1, 0.15) is 0 Å². The maximum Gasteiger partial charge on any atom is 0.494 e. The van der Waals surface area contributed by atoms with Crippen molar-refractivity contribution < 1.29 is 23.2 Å². The fourth-order valence-electron chi connectivity index (χ4n) is 4.78. The van der Waals surface area contributed by atoms with E-state index >= 15 is 4.57 Å². The molecule has 2 fully saturated rings. The Morgan fingerprint density at radius 1 is 0.611 bits per heavy atom.